The molecular weight excluding hydrogens is 355 g/mol. The fourth-order valence-electron chi connectivity index (χ4n) is 1.75. The molecular formula is C13H15BrF3NO3. The molecule has 0 fully saturated rings. The number of methoxy groups -OCH3 is 1. The van der Waals surface area contributed by atoms with Gasteiger partial charge in [-0.15, -0.1) is 0 Å². The second kappa shape index (κ2) is 7.65. The third kappa shape index (κ3) is 5.55. The highest BCUT2D eigenvalue weighted by Crippen LogP contribution is 2.37. The van der Waals surface area contributed by atoms with Crippen LogP contribution in [-0.2, 0) is 15.7 Å². The first-order chi connectivity index (χ1) is 9.75. The predicted molar refractivity (Wildman–Crippen MR) is 75.3 cm³/mol. The third-order valence-corrected chi connectivity index (χ3v) is 3.25. The molecule has 2 N–H and O–H groups in total. The van der Waals surface area contributed by atoms with E-state index in [2.05, 4.69) is 21.2 Å². The van der Waals surface area contributed by atoms with E-state index in [1.165, 1.54) is 19.2 Å². The van der Waals surface area contributed by atoms with Gasteiger partial charge in [0.15, 0.2) is 0 Å². The number of alkyl halides is 3. The summed E-state index contributed by atoms with van der Waals surface area (Å²) in [5, 5.41) is 11.5. The van der Waals surface area contributed by atoms with Crippen molar-refractivity contribution >= 4 is 27.6 Å². The number of anilines is 1. The Morgan fingerprint density at radius 3 is 2.67 bits per heavy atom. The second-order valence-electron chi connectivity index (χ2n) is 4.36. The van der Waals surface area contributed by atoms with E-state index >= 15 is 0 Å². The van der Waals surface area contributed by atoms with Crippen LogP contribution >= 0.6 is 15.9 Å². The van der Waals surface area contributed by atoms with Crippen LogP contribution in [-0.4, -0.2) is 30.8 Å². The maximum absolute atomic E-state index is 13.0. The molecule has 0 saturated carbocycles. The van der Waals surface area contributed by atoms with Gasteiger partial charge in [-0.1, -0.05) is 15.9 Å². The van der Waals surface area contributed by atoms with Gasteiger partial charge in [0.25, 0.3) is 0 Å². The first kappa shape index (κ1) is 17.8. The molecule has 1 atom stereocenters. The lowest BCUT2D eigenvalue weighted by Gasteiger charge is -2.19. The summed E-state index contributed by atoms with van der Waals surface area (Å²) in [7, 11) is 1.47. The molecule has 4 nitrogen and oxygen atoms in total. The average Bonchev–Trinajstić information content (AvgIpc) is 2.38. The summed E-state index contributed by atoms with van der Waals surface area (Å²) in [6, 6.07) is 2.43. The Morgan fingerprint density at radius 2 is 2.14 bits per heavy atom. The SMILES string of the molecule is COCCCC(Nc1ccc(Br)cc1C(F)(F)F)C(=O)O. The highest BCUT2D eigenvalue weighted by Gasteiger charge is 2.34. The van der Waals surface area contributed by atoms with Gasteiger partial charge in [0.1, 0.15) is 6.04 Å². The minimum absolute atomic E-state index is 0.163. The number of aliphatic carboxylic acids is 1. The summed E-state index contributed by atoms with van der Waals surface area (Å²) in [6.07, 6.45) is -3.98. The van der Waals surface area contributed by atoms with E-state index in [9.17, 15) is 18.0 Å². The van der Waals surface area contributed by atoms with Crippen LogP contribution in [0.3, 0.4) is 0 Å². The number of nitrogens with one attached hydrogen (secondary N) is 1. The van der Waals surface area contributed by atoms with Gasteiger partial charge in [-0.25, -0.2) is 4.79 Å². The van der Waals surface area contributed by atoms with Crippen LogP contribution < -0.4 is 5.32 Å². The van der Waals surface area contributed by atoms with E-state index in [0.29, 0.717) is 13.0 Å². The molecule has 0 aliphatic carbocycles. The van der Waals surface area contributed by atoms with Gasteiger partial charge in [0, 0.05) is 23.9 Å². The maximum atomic E-state index is 13.0. The maximum Gasteiger partial charge on any atom is 0.418 e. The Hall–Kier alpha value is -1.28. The first-order valence-electron chi connectivity index (χ1n) is 6.10. The van der Waals surface area contributed by atoms with Crippen molar-refractivity contribution in [3.05, 3.63) is 28.2 Å². The molecule has 0 heterocycles. The molecule has 1 aromatic rings. The smallest absolute Gasteiger partial charge is 0.418 e. The molecule has 0 aliphatic rings. The topological polar surface area (TPSA) is 58.6 Å². The van der Waals surface area contributed by atoms with Crippen LogP contribution in [0, 0.1) is 0 Å². The minimum Gasteiger partial charge on any atom is -0.480 e. The number of ether oxygens (including phenoxy) is 1. The van der Waals surface area contributed by atoms with E-state index in [4.69, 9.17) is 9.84 Å². The van der Waals surface area contributed by atoms with E-state index in [0.717, 1.165) is 6.07 Å². The Labute approximate surface area is 128 Å². The lowest BCUT2D eigenvalue weighted by Crippen LogP contribution is -2.30. The van der Waals surface area contributed by atoms with Crippen molar-refractivity contribution in [3.63, 3.8) is 0 Å². The normalized spacial score (nSPS) is 13.0. The zero-order chi connectivity index (χ0) is 16.0. The quantitative estimate of drug-likeness (QED) is 0.718. The summed E-state index contributed by atoms with van der Waals surface area (Å²) in [5.41, 5.74) is -1.16. The molecule has 1 aromatic carbocycles. The second-order valence-corrected chi connectivity index (χ2v) is 5.27. The zero-order valence-electron chi connectivity index (χ0n) is 11.2. The van der Waals surface area contributed by atoms with Crippen LogP contribution in [0.5, 0.6) is 0 Å². The molecule has 0 aromatic heterocycles. The summed E-state index contributed by atoms with van der Waals surface area (Å²) < 4.78 is 44.0. The van der Waals surface area contributed by atoms with Crippen molar-refractivity contribution in [3.8, 4) is 0 Å². The van der Waals surface area contributed by atoms with Crippen molar-refractivity contribution < 1.29 is 27.8 Å². The van der Waals surface area contributed by atoms with Crippen LogP contribution in [0.15, 0.2) is 22.7 Å². The highest BCUT2D eigenvalue weighted by molar-refractivity contribution is 9.10. The Kier molecular flexibility index (Phi) is 6.47. The Morgan fingerprint density at radius 1 is 1.48 bits per heavy atom. The van der Waals surface area contributed by atoms with Crippen LogP contribution in [0.4, 0.5) is 18.9 Å². The van der Waals surface area contributed by atoms with Gasteiger partial charge in [0.2, 0.25) is 0 Å². The molecule has 1 rings (SSSR count). The Bertz CT molecular complexity index is 494. The number of hydrogen-bond acceptors (Lipinski definition) is 3. The molecule has 0 spiro atoms. The molecule has 8 heteroatoms. The van der Waals surface area contributed by atoms with Gasteiger partial charge in [-0.3, -0.25) is 0 Å². The zero-order valence-corrected chi connectivity index (χ0v) is 12.8. The summed E-state index contributed by atoms with van der Waals surface area (Å²) in [6.45, 7) is 0.345. The van der Waals surface area contributed by atoms with Crippen molar-refractivity contribution in [1.82, 2.24) is 0 Å². The van der Waals surface area contributed by atoms with Gasteiger partial charge in [-0.2, -0.15) is 13.2 Å². The summed E-state index contributed by atoms with van der Waals surface area (Å²) >= 11 is 2.97. The Balaban J connectivity index is 2.95. The highest BCUT2D eigenvalue weighted by atomic mass is 79.9. The van der Waals surface area contributed by atoms with Crippen molar-refractivity contribution in [2.24, 2.45) is 0 Å². The molecule has 0 amide bonds. The first-order valence-corrected chi connectivity index (χ1v) is 6.90. The van der Waals surface area contributed by atoms with Crippen molar-refractivity contribution in [2.45, 2.75) is 25.1 Å². The monoisotopic (exact) mass is 369 g/mol. The van der Waals surface area contributed by atoms with E-state index in [1.54, 1.807) is 0 Å². The van der Waals surface area contributed by atoms with Gasteiger partial charge < -0.3 is 15.2 Å². The van der Waals surface area contributed by atoms with E-state index in [-0.39, 0.29) is 16.6 Å². The predicted octanol–water partition coefficient (Wildman–Crippen LogP) is 3.76. The number of benzene rings is 1. The fourth-order valence-corrected chi connectivity index (χ4v) is 2.11. The van der Waals surface area contributed by atoms with E-state index < -0.39 is 23.8 Å². The molecule has 0 saturated heterocycles. The number of hydrogen-bond donors (Lipinski definition) is 2. The third-order valence-electron chi connectivity index (χ3n) is 2.76. The molecule has 0 aliphatic heterocycles. The average molecular weight is 370 g/mol. The lowest BCUT2D eigenvalue weighted by atomic mass is 10.1. The largest absolute Gasteiger partial charge is 0.480 e. The number of halogens is 4. The van der Waals surface area contributed by atoms with Crippen molar-refractivity contribution in [1.29, 1.82) is 0 Å². The number of carbonyl (C=O) groups is 1. The fraction of sp³-hybridized carbons (Fsp3) is 0.462. The van der Waals surface area contributed by atoms with Crippen LogP contribution in [0.25, 0.3) is 0 Å². The molecule has 118 valence electrons. The van der Waals surface area contributed by atoms with Gasteiger partial charge in [0.05, 0.1) is 5.56 Å². The number of carboxylic acid groups (broad SMARTS) is 1. The standard InChI is InChI=1S/C13H15BrF3NO3/c1-21-6-2-3-11(12(19)20)18-10-5-4-8(14)7-9(10)13(15,16)17/h4-5,7,11,18H,2-3,6H2,1H3,(H,19,20). The summed E-state index contributed by atoms with van der Waals surface area (Å²) in [5.74, 6) is -1.21. The molecule has 0 bridgehead atoms. The summed E-state index contributed by atoms with van der Waals surface area (Å²) in [4.78, 5) is 11.1. The molecule has 0 radical (unpaired) electrons. The van der Waals surface area contributed by atoms with Gasteiger partial charge >= 0.3 is 12.1 Å². The lowest BCUT2D eigenvalue weighted by molar-refractivity contribution is -0.139. The number of carboxylic acids is 1. The van der Waals surface area contributed by atoms with Crippen molar-refractivity contribution in [2.75, 3.05) is 19.0 Å². The van der Waals surface area contributed by atoms with Crippen LogP contribution in [0.1, 0.15) is 18.4 Å². The minimum atomic E-state index is -4.57. The number of rotatable bonds is 7. The van der Waals surface area contributed by atoms with E-state index in [1.807, 2.05) is 0 Å². The van der Waals surface area contributed by atoms with Gasteiger partial charge in [-0.05, 0) is 31.0 Å². The molecule has 1 unspecified atom stereocenters. The van der Waals surface area contributed by atoms with Crippen LogP contribution in [0.2, 0.25) is 0 Å². The molecule has 21 heavy (non-hydrogen) atoms.